The van der Waals surface area contributed by atoms with Crippen LogP contribution in [0.15, 0.2) is 34.9 Å². The van der Waals surface area contributed by atoms with Gasteiger partial charge in [0.15, 0.2) is 0 Å². The molecule has 2 aliphatic rings. The van der Waals surface area contributed by atoms with Crippen LogP contribution in [0.3, 0.4) is 0 Å². The lowest BCUT2D eigenvalue weighted by Crippen LogP contribution is -2.39. The summed E-state index contributed by atoms with van der Waals surface area (Å²) >= 11 is 0. The van der Waals surface area contributed by atoms with E-state index < -0.39 is 0 Å². The third kappa shape index (κ3) is 4.75. The quantitative estimate of drug-likeness (QED) is 0.588. The predicted octanol–water partition coefficient (Wildman–Crippen LogP) is 2.47. The van der Waals surface area contributed by atoms with Gasteiger partial charge in [0.05, 0.1) is 26.0 Å². The number of pyridine rings is 1. The number of likely N-dealkylation sites (tertiary alicyclic amines) is 1. The Balaban J connectivity index is 1.68. The van der Waals surface area contributed by atoms with Crippen LogP contribution >= 0.6 is 0 Å². The zero-order valence-electron chi connectivity index (χ0n) is 16.3. The molecule has 3 heterocycles. The maximum absolute atomic E-state index is 11.6. The van der Waals surface area contributed by atoms with Crippen LogP contribution in [-0.2, 0) is 9.47 Å². The number of amidine groups is 1. The number of rotatable bonds is 4. The largest absolute Gasteiger partial charge is 0.453 e. The molecule has 2 saturated heterocycles. The number of piperidine rings is 1. The number of carbonyl (C=O) groups excluding carboxylic acids is 1. The highest BCUT2D eigenvalue weighted by molar-refractivity contribution is 5.92. The van der Waals surface area contributed by atoms with Crippen molar-refractivity contribution in [2.24, 2.45) is 15.9 Å². The maximum Gasteiger partial charge on any atom is 0.409 e. The van der Waals surface area contributed by atoms with Crippen molar-refractivity contribution in [1.29, 1.82) is 0 Å². The van der Waals surface area contributed by atoms with Crippen molar-refractivity contribution in [3.63, 3.8) is 0 Å². The van der Waals surface area contributed by atoms with Gasteiger partial charge < -0.3 is 19.3 Å². The molecule has 2 aliphatic heterocycles. The second-order valence-corrected chi connectivity index (χ2v) is 6.81. The number of morpholine rings is 1. The molecule has 0 atom stereocenters. The van der Waals surface area contributed by atoms with Crippen LogP contribution in [-0.4, -0.2) is 75.0 Å². The molecular formula is C20H27N5O3. The van der Waals surface area contributed by atoms with Gasteiger partial charge >= 0.3 is 6.09 Å². The van der Waals surface area contributed by atoms with Crippen LogP contribution in [0.5, 0.6) is 0 Å². The Hall–Kier alpha value is -2.74. The van der Waals surface area contributed by atoms with Crippen molar-refractivity contribution < 1.29 is 14.3 Å². The number of methoxy groups -OCH3 is 1. The van der Waals surface area contributed by atoms with Gasteiger partial charge in [0.2, 0.25) is 0 Å². The zero-order chi connectivity index (χ0) is 19.9. The van der Waals surface area contributed by atoms with Crippen LogP contribution in [0, 0.1) is 5.92 Å². The molecule has 1 aromatic rings. The number of anilines is 1. The Morgan fingerprint density at radius 2 is 2.00 bits per heavy atom. The number of hydrogen-bond donors (Lipinski definition) is 0. The molecule has 2 fully saturated rings. The first-order chi connectivity index (χ1) is 13.6. The second kappa shape index (κ2) is 9.45. The van der Waals surface area contributed by atoms with Gasteiger partial charge in [0.1, 0.15) is 11.7 Å². The molecule has 8 nitrogen and oxygen atoms in total. The summed E-state index contributed by atoms with van der Waals surface area (Å²) in [4.78, 5) is 28.8. The fraction of sp³-hybridized carbons (Fsp3) is 0.500. The van der Waals surface area contributed by atoms with Crippen LogP contribution in [0.2, 0.25) is 0 Å². The van der Waals surface area contributed by atoms with E-state index in [-0.39, 0.29) is 12.0 Å². The maximum atomic E-state index is 11.6. The van der Waals surface area contributed by atoms with E-state index >= 15 is 0 Å². The van der Waals surface area contributed by atoms with Crippen molar-refractivity contribution in [2.45, 2.75) is 12.8 Å². The van der Waals surface area contributed by atoms with Gasteiger partial charge in [0.25, 0.3) is 0 Å². The van der Waals surface area contributed by atoms with Crippen molar-refractivity contribution >= 4 is 30.2 Å². The van der Waals surface area contributed by atoms with E-state index in [2.05, 4.69) is 33.2 Å². The molecule has 1 amide bonds. The number of carbonyl (C=O) groups is 1. The highest BCUT2D eigenvalue weighted by Crippen LogP contribution is 2.24. The van der Waals surface area contributed by atoms with Gasteiger partial charge in [-0.2, -0.15) is 0 Å². The Kier molecular flexibility index (Phi) is 6.76. The minimum absolute atomic E-state index is 0.149. The number of amides is 1. The van der Waals surface area contributed by atoms with Crippen molar-refractivity contribution in [1.82, 2.24) is 9.88 Å². The van der Waals surface area contributed by atoms with Gasteiger partial charge in [-0.3, -0.25) is 0 Å². The van der Waals surface area contributed by atoms with E-state index in [0.29, 0.717) is 37.8 Å². The summed E-state index contributed by atoms with van der Waals surface area (Å²) in [6.45, 7) is 12.1. The average Bonchev–Trinajstić information content (AvgIpc) is 2.77. The van der Waals surface area contributed by atoms with Crippen molar-refractivity contribution in [2.75, 3.05) is 51.4 Å². The summed E-state index contributed by atoms with van der Waals surface area (Å²) in [5.74, 6) is 1.71. The van der Waals surface area contributed by atoms with E-state index in [0.717, 1.165) is 37.3 Å². The van der Waals surface area contributed by atoms with Crippen LogP contribution in [0.1, 0.15) is 18.4 Å². The summed E-state index contributed by atoms with van der Waals surface area (Å²) in [6.07, 6.45) is 3.03. The normalized spacial score (nSPS) is 18.7. The first-order valence-electron chi connectivity index (χ1n) is 9.48. The molecule has 1 aromatic heterocycles. The number of aromatic nitrogens is 1. The minimum atomic E-state index is -0.291. The lowest BCUT2D eigenvalue weighted by molar-refractivity contribution is 0.111. The van der Waals surface area contributed by atoms with E-state index in [4.69, 9.17) is 9.47 Å². The molecule has 0 N–H and O–H groups in total. The first-order valence-corrected chi connectivity index (χ1v) is 9.48. The molecule has 0 spiro atoms. The van der Waals surface area contributed by atoms with E-state index in [9.17, 15) is 4.79 Å². The van der Waals surface area contributed by atoms with E-state index in [1.807, 2.05) is 12.1 Å². The summed E-state index contributed by atoms with van der Waals surface area (Å²) in [5, 5.41) is 0. The highest BCUT2D eigenvalue weighted by atomic mass is 16.5. The van der Waals surface area contributed by atoms with Crippen LogP contribution in [0.4, 0.5) is 10.6 Å². The zero-order valence-corrected chi connectivity index (χ0v) is 16.3. The summed E-state index contributed by atoms with van der Waals surface area (Å²) in [7, 11) is 1.40. The fourth-order valence-electron chi connectivity index (χ4n) is 3.47. The number of aliphatic imine (C=N–C) groups is 2. The number of nitrogens with zero attached hydrogens (tertiary/aromatic N) is 5. The Morgan fingerprint density at radius 1 is 1.29 bits per heavy atom. The van der Waals surface area contributed by atoms with E-state index in [1.54, 1.807) is 11.1 Å². The van der Waals surface area contributed by atoms with Gasteiger partial charge in [0, 0.05) is 43.9 Å². The summed E-state index contributed by atoms with van der Waals surface area (Å²) < 4.78 is 10.2. The molecule has 3 rings (SSSR count). The molecule has 150 valence electrons. The molecule has 28 heavy (non-hydrogen) atoms. The minimum Gasteiger partial charge on any atom is -0.453 e. The molecular weight excluding hydrogens is 358 g/mol. The molecule has 0 unspecified atom stereocenters. The van der Waals surface area contributed by atoms with Crippen LogP contribution in [0.25, 0.3) is 5.70 Å². The van der Waals surface area contributed by atoms with Crippen molar-refractivity contribution in [3.8, 4) is 0 Å². The predicted molar refractivity (Wildman–Crippen MR) is 110 cm³/mol. The molecule has 0 aliphatic carbocycles. The Labute approximate surface area is 165 Å². The monoisotopic (exact) mass is 385 g/mol. The van der Waals surface area contributed by atoms with Gasteiger partial charge in [-0.05, 0) is 31.7 Å². The lowest BCUT2D eigenvalue weighted by atomic mass is 9.95. The molecule has 0 bridgehead atoms. The summed E-state index contributed by atoms with van der Waals surface area (Å²) in [5.41, 5.74) is 1.54. The fourth-order valence-corrected chi connectivity index (χ4v) is 3.47. The standard InChI is InChI=1S/C20H27N5O3/c1-15(17-4-7-22-18(14-17)24-10-12-28-13-11-24)23-19(21-2)16-5-8-25(9-6-16)20(26)27-3/h4,7,14,16H,1-2,5-6,8-13H2,3H3. The van der Waals surface area contributed by atoms with Gasteiger partial charge in [-0.1, -0.05) is 6.58 Å². The SMILES string of the molecule is C=NC(=NC(=C)c1ccnc(N2CCOCC2)c1)C1CCN(C(=O)OC)CC1. The molecule has 0 saturated carbocycles. The number of ether oxygens (including phenoxy) is 2. The molecule has 8 heteroatoms. The van der Waals surface area contributed by atoms with E-state index in [1.165, 1.54) is 7.11 Å². The van der Waals surface area contributed by atoms with Crippen molar-refractivity contribution in [3.05, 3.63) is 30.5 Å². The Bertz CT molecular complexity index is 750. The highest BCUT2D eigenvalue weighted by Gasteiger charge is 2.26. The third-order valence-electron chi connectivity index (χ3n) is 5.12. The topological polar surface area (TPSA) is 79.6 Å². The van der Waals surface area contributed by atoms with Gasteiger partial charge in [-0.15, -0.1) is 0 Å². The lowest BCUT2D eigenvalue weighted by Gasteiger charge is -2.30. The summed E-state index contributed by atoms with van der Waals surface area (Å²) in [6, 6.07) is 3.90. The first kappa shape index (κ1) is 20.0. The second-order valence-electron chi connectivity index (χ2n) is 6.81. The van der Waals surface area contributed by atoms with Gasteiger partial charge in [-0.25, -0.2) is 19.8 Å². The number of hydrogen-bond acceptors (Lipinski definition) is 6. The smallest absolute Gasteiger partial charge is 0.409 e. The molecule has 0 aromatic carbocycles. The average molecular weight is 385 g/mol. The van der Waals surface area contributed by atoms with Crippen LogP contribution < -0.4 is 4.90 Å². The third-order valence-corrected chi connectivity index (χ3v) is 5.12. The Morgan fingerprint density at radius 3 is 2.64 bits per heavy atom. The molecule has 0 radical (unpaired) electrons.